The molecular weight excluding hydrogens is 454 g/mol. The molecule has 8 heteroatoms. The first-order valence-electron chi connectivity index (χ1n) is 10.1. The van der Waals surface area contributed by atoms with E-state index in [4.69, 9.17) is 11.6 Å². The lowest BCUT2D eigenvalue weighted by molar-refractivity contribution is 0.102. The third-order valence-corrected chi connectivity index (χ3v) is 6.01. The Bertz CT molecular complexity index is 1420. The van der Waals surface area contributed by atoms with Gasteiger partial charge in [-0.2, -0.15) is 0 Å². The standard InChI is InChI=1S/C25H16ClN5OS/c26-21-15-20(27-22(29-21)16-9-3-1-4-10-16)23(32)28-19-14-8-7-13-18(19)25-31-30-24(33-25)17-11-5-2-6-12-17/h1-15H,(H,28,32). The van der Waals surface area contributed by atoms with E-state index in [1.165, 1.54) is 17.4 Å². The summed E-state index contributed by atoms with van der Waals surface area (Å²) in [5.41, 5.74) is 3.32. The molecule has 0 aliphatic carbocycles. The van der Waals surface area contributed by atoms with Crippen molar-refractivity contribution < 1.29 is 4.79 Å². The fraction of sp³-hybridized carbons (Fsp3) is 0. The fourth-order valence-corrected chi connectivity index (χ4v) is 4.32. The molecule has 0 aliphatic rings. The quantitative estimate of drug-likeness (QED) is 0.308. The molecule has 5 rings (SSSR count). The van der Waals surface area contributed by atoms with Crippen LogP contribution in [0.2, 0.25) is 5.15 Å². The summed E-state index contributed by atoms with van der Waals surface area (Å²) in [6.45, 7) is 0. The van der Waals surface area contributed by atoms with Crippen LogP contribution in [0, 0.1) is 0 Å². The van der Waals surface area contributed by atoms with Gasteiger partial charge in [-0.25, -0.2) is 9.97 Å². The molecule has 1 amide bonds. The van der Waals surface area contributed by atoms with Crippen molar-refractivity contribution in [1.82, 2.24) is 20.2 Å². The van der Waals surface area contributed by atoms with Crippen molar-refractivity contribution in [2.75, 3.05) is 5.32 Å². The zero-order chi connectivity index (χ0) is 22.6. The predicted octanol–water partition coefficient (Wildman–Crippen LogP) is 6.23. The molecule has 33 heavy (non-hydrogen) atoms. The first kappa shape index (κ1) is 20.9. The zero-order valence-corrected chi connectivity index (χ0v) is 18.7. The number of hydrogen-bond donors (Lipinski definition) is 1. The monoisotopic (exact) mass is 469 g/mol. The van der Waals surface area contributed by atoms with Crippen LogP contribution in [0.15, 0.2) is 91.0 Å². The molecule has 0 bridgehead atoms. The number of carbonyl (C=O) groups is 1. The lowest BCUT2D eigenvalue weighted by Gasteiger charge is -2.10. The highest BCUT2D eigenvalue weighted by molar-refractivity contribution is 7.18. The third-order valence-electron chi connectivity index (χ3n) is 4.81. The Kier molecular flexibility index (Phi) is 5.89. The first-order valence-corrected chi connectivity index (χ1v) is 11.3. The van der Waals surface area contributed by atoms with Crippen LogP contribution in [0.3, 0.4) is 0 Å². The Balaban J connectivity index is 1.44. The number of rotatable bonds is 5. The van der Waals surface area contributed by atoms with Crippen LogP contribution in [0.4, 0.5) is 5.69 Å². The Hall–Kier alpha value is -3.94. The summed E-state index contributed by atoms with van der Waals surface area (Å²) in [6, 6.07) is 28.1. The molecule has 2 heterocycles. The molecule has 5 aromatic rings. The molecule has 0 atom stereocenters. The molecule has 0 aliphatic heterocycles. The summed E-state index contributed by atoms with van der Waals surface area (Å²) in [6.07, 6.45) is 0. The van der Waals surface area contributed by atoms with Crippen molar-refractivity contribution in [3.05, 3.63) is 102 Å². The summed E-state index contributed by atoms with van der Waals surface area (Å²) in [7, 11) is 0. The van der Waals surface area contributed by atoms with E-state index in [9.17, 15) is 4.79 Å². The minimum atomic E-state index is -0.392. The number of carbonyl (C=O) groups excluding carboxylic acids is 1. The van der Waals surface area contributed by atoms with Gasteiger partial charge in [0.2, 0.25) is 0 Å². The van der Waals surface area contributed by atoms with Gasteiger partial charge < -0.3 is 5.32 Å². The van der Waals surface area contributed by atoms with Crippen molar-refractivity contribution in [3.8, 4) is 32.5 Å². The van der Waals surface area contributed by atoms with Crippen LogP contribution in [0.25, 0.3) is 32.5 Å². The normalized spacial score (nSPS) is 10.7. The maximum atomic E-state index is 13.1. The zero-order valence-electron chi connectivity index (χ0n) is 17.1. The lowest BCUT2D eigenvalue weighted by atomic mass is 10.2. The van der Waals surface area contributed by atoms with Gasteiger partial charge in [0, 0.05) is 22.8 Å². The van der Waals surface area contributed by atoms with E-state index in [1.54, 1.807) is 0 Å². The second-order valence-electron chi connectivity index (χ2n) is 7.04. The van der Waals surface area contributed by atoms with Gasteiger partial charge in [0.25, 0.3) is 5.91 Å². The van der Waals surface area contributed by atoms with E-state index < -0.39 is 5.91 Å². The smallest absolute Gasteiger partial charge is 0.274 e. The number of para-hydroxylation sites is 1. The van der Waals surface area contributed by atoms with Gasteiger partial charge in [-0.1, -0.05) is 95.7 Å². The van der Waals surface area contributed by atoms with Crippen LogP contribution in [0.1, 0.15) is 10.5 Å². The predicted molar refractivity (Wildman–Crippen MR) is 131 cm³/mol. The molecule has 1 N–H and O–H groups in total. The Labute approximate surface area is 199 Å². The first-order chi connectivity index (χ1) is 16.2. The number of nitrogens with one attached hydrogen (secondary N) is 1. The van der Waals surface area contributed by atoms with E-state index in [2.05, 4.69) is 25.5 Å². The number of halogens is 1. The van der Waals surface area contributed by atoms with Crippen molar-refractivity contribution in [2.45, 2.75) is 0 Å². The molecule has 0 fully saturated rings. The largest absolute Gasteiger partial charge is 0.320 e. The summed E-state index contributed by atoms with van der Waals surface area (Å²) >= 11 is 7.65. The molecule has 0 saturated carbocycles. The molecule has 3 aromatic carbocycles. The van der Waals surface area contributed by atoms with Crippen LogP contribution >= 0.6 is 22.9 Å². The highest BCUT2D eigenvalue weighted by atomic mass is 35.5. The number of benzene rings is 3. The minimum Gasteiger partial charge on any atom is -0.320 e. The average Bonchev–Trinajstić information content (AvgIpc) is 3.35. The molecule has 0 radical (unpaired) electrons. The minimum absolute atomic E-state index is 0.172. The fourth-order valence-electron chi connectivity index (χ4n) is 3.24. The SMILES string of the molecule is O=C(Nc1ccccc1-c1nnc(-c2ccccc2)s1)c1cc(Cl)nc(-c2ccccc2)n1. The molecule has 2 aromatic heterocycles. The van der Waals surface area contributed by atoms with Gasteiger partial charge in [-0.15, -0.1) is 10.2 Å². The van der Waals surface area contributed by atoms with Crippen molar-refractivity contribution in [2.24, 2.45) is 0 Å². The molecule has 0 unspecified atom stereocenters. The summed E-state index contributed by atoms with van der Waals surface area (Å²) < 4.78 is 0. The number of aromatic nitrogens is 4. The summed E-state index contributed by atoms with van der Waals surface area (Å²) in [4.78, 5) is 21.7. The number of anilines is 1. The van der Waals surface area contributed by atoms with Gasteiger partial charge in [-0.05, 0) is 12.1 Å². The van der Waals surface area contributed by atoms with Gasteiger partial charge in [0.05, 0.1) is 5.69 Å². The Morgan fingerprint density at radius 1 is 0.758 bits per heavy atom. The maximum Gasteiger partial charge on any atom is 0.274 e. The molecule has 160 valence electrons. The van der Waals surface area contributed by atoms with E-state index in [1.807, 2.05) is 84.9 Å². The highest BCUT2D eigenvalue weighted by Crippen LogP contribution is 2.34. The molecule has 0 spiro atoms. The topological polar surface area (TPSA) is 80.7 Å². The average molecular weight is 470 g/mol. The van der Waals surface area contributed by atoms with Crippen molar-refractivity contribution in [1.29, 1.82) is 0 Å². The lowest BCUT2D eigenvalue weighted by Crippen LogP contribution is -2.15. The van der Waals surface area contributed by atoms with Crippen molar-refractivity contribution >= 4 is 34.5 Å². The Morgan fingerprint density at radius 3 is 2.15 bits per heavy atom. The van der Waals surface area contributed by atoms with Gasteiger partial charge >= 0.3 is 0 Å². The summed E-state index contributed by atoms with van der Waals surface area (Å²) in [5, 5.41) is 13.3. The van der Waals surface area contributed by atoms with E-state index in [-0.39, 0.29) is 10.8 Å². The van der Waals surface area contributed by atoms with Gasteiger partial charge in [0.15, 0.2) is 5.82 Å². The molecular formula is C25H16ClN5OS. The van der Waals surface area contributed by atoms with Crippen LogP contribution in [0.5, 0.6) is 0 Å². The van der Waals surface area contributed by atoms with E-state index >= 15 is 0 Å². The van der Waals surface area contributed by atoms with E-state index in [0.717, 1.165) is 21.7 Å². The van der Waals surface area contributed by atoms with E-state index in [0.29, 0.717) is 16.5 Å². The number of nitrogens with zero attached hydrogens (tertiary/aromatic N) is 4. The number of hydrogen-bond acceptors (Lipinski definition) is 6. The summed E-state index contributed by atoms with van der Waals surface area (Å²) in [5.74, 6) is -0.00473. The number of amides is 1. The van der Waals surface area contributed by atoms with Gasteiger partial charge in [-0.3, -0.25) is 4.79 Å². The second-order valence-corrected chi connectivity index (χ2v) is 8.41. The second kappa shape index (κ2) is 9.28. The van der Waals surface area contributed by atoms with Crippen molar-refractivity contribution in [3.63, 3.8) is 0 Å². The molecule has 0 saturated heterocycles. The maximum absolute atomic E-state index is 13.1. The third kappa shape index (κ3) is 4.64. The van der Waals surface area contributed by atoms with Crippen LogP contribution in [-0.2, 0) is 0 Å². The van der Waals surface area contributed by atoms with Crippen LogP contribution in [-0.4, -0.2) is 26.1 Å². The highest BCUT2D eigenvalue weighted by Gasteiger charge is 2.17. The molecule has 6 nitrogen and oxygen atoms in total. The van der Waals surface area contributed by atoms with Crippen LogP contribution < -0.4 is 5.32 Å². The van der Waals surface area contributed by atoms with Gasteiger partial charge in [0.1, 0.15) is 20.9 Å². The Morgan fingerprint density at radius 2 is 1.39 bits per heavy atom.